The minimum Gasteiger partial charge on any atom is -0.481 e. The Hall–Kier alpha value is -1.43. The van der Waals surface area contributed by atoms with Crippen LogP contribution < -0.4 is 0 Å². The molecule has 4 aliphatic carbocycles. The van der Waals surface area contributed by atoms with Gasteiger partial charge in [-0.25, -0.2) is 0 Å². The van der Waals surface area contributed by atoms with E-state index in [9.17, 15) is 61.0 Å². The number of carboxylic acids is 1. The molecular weight excluding hydrogens is 744 g/mol. The number of hydrogen-bond acceptors (Lipinski definition) is 17. The van der Waals surface area contributed by atoms with E-state index in [-0.39, 0.29) is 22.7 Å². The van der Waals surface area contributed by atoms with Gasteiger partial charge < -0.3 is 84.6 Å². The van der Waals surface area contributed by atoms with Crippen molar-refractivity contribution in [1.82, 2.24) is 0 Å². The SMILES string of the molecule is C=C1C[C@@]23CC[C@H]4[C@@](C)(CCC[C@@]4(C)C(=O)O)[C@@H]2CC[C@]1(O[C@@H]1O[C@H](CO)[C@@H](O)[C@H](O)[C@H]1O[C@@H]1O[C@H](CO)[C@@H](O)[C@H](O[C@@H]2O[C@H](CO)[C@@H](O)[C@H](O)[C@H]2O)[C@H]1O)C3. The van der Waals surface area contributed by atoms with Crippen LogP contribution in [0.25, 0.3) is 0 Å². The monoisotopic (exact) mass is 804 g/mol. The molecule has 2 bridgehead atoms. The van der Waals surface area contributed by atoms with Crippen molar-refractivity contribution in [2.24, 2.45) is 28.1 Å². The summed E-state index contributed by atoms with van der Waals surface area (Å²) in [5.41, 5.74) is -1.45. The zero-order chi connectivity index (χ0) is 40.7. The van der Waals surface area contributed by atoms with Crippen LogP contribution in [0, 0.1) is 28.1 Å². The van der Waals surface area contributed by atoms with E-state index in [0.717, 1.165) is 31.3 Å². The first-order valence-electron chi connectivity index (χ1n) is 19.9. The lowest BCUT2D eigenvalue weighted by atomic mass is 9.41. The van der Waals surface area contributed by atoms with Crippen LogP contribution in [0.15, 0.2) is 12.2 Å². The van der Waals surface area contributed by atoms with Crippen molar-refractivity contribution in [3.63, 3.8) is 0 Å². The van der Waals surface area contributed by atoms with Gasteiger partial charge in [0.25, 0.3) is 0 Å². The lowest BCUT2D eigenvalue weighted by Crippen LogP contribution is -2.67. The molecule has 7 aliphatic rings. The van der Waals surface area contributed by atoms with Crippen LogP contribution in [0.2, 0.25) is 0 Å². The van der Waals surface area contributed by atoms with Crippen molar-refractivity contribution in [3.05, 3.63) is 12.2 Å². The second kappa shape index (κ2) is 15.6. The number of aliphatic hydroxyl groups is 10. The Bertz CT molecular complexity index is 1450. The van der Waals surface area contributed by atoms with E-state index < -0.39 is 129 Å². The summed E-state index contributed by atoms with van der Waals surface area (Å²) in [5.74, 6) is -0.543. The van der Waals surface area contributed by atoms with E-state index in [2.05, 4.69) is 13.5 Å². The van der Waals surface area contributed by atoms with Crippen molar-refractivity contribution in [2.75, 3.05) is 19.8 Å². The Balaban J connectivity index is 1.13. The highest BCUT2D eigenvalue weighted by Gasteiger charge is 2.69. The van der Waals surface area contributed by atoms with Crippen LogP contribution >= 0.6 is 0 Å². The van der Waals surface area contributed by atoms with E-state index in [0.29, 0.717) is 32.1 Å². The van der Waals surface area contributed by atoms with Crippen LogP contribution in [-0.4, -0.2) is 180 Å². The molecule has 0 amide bonds. The maximum Gasteiger partial charge on any atom is 0.309 e. The van der Waals surface area contributed by atoms with E-state index in [4.69, 9.17) is 28.4 Å². The molecule has 1 spiro atoms. The summed E-state index contributed by atoms with van der Waals surface area (Å²) in [6, 6.07) is 0. The maximum atomic E-state index is 12.6. The predicted octanol–water partition coefficient (Wildman–Crippen LogP) is -2.37. The fourth-order valence-corrected chi connectivity index (χ4v) is 12.1. The zero-order valence-electron chi connectivity index (χ0n) is 31.8. The van der Waals surface area contributed by atoms with Crippen LogP contribution in [0.1, 0.15) is 71.6 Å². The van der Waals surface area contributed by atoms with E-state index in [1.165, 1.54) is 0 Å². The second-order valence-electron chi connectivity index (χ2n) is 18.0. The van der Waals surface area contributed by atoms with Crippen molar-refractivity contribution < 1.29 is 89.4 Å². The van der Waals surface area contributed by atoms with Crippen LogP contribution in [0.5, 0.6) is 0 Å². The van der Waals surface area contributed by atoms with Gasteiger partial charge in [-0.2, -0.15) is 0 Å². The van der Waals surface area contributed by atoms with E-state index in [1.807, 2.05) is 6.92 Å². The van der Waals surface area contributed by atoms with Crippen molar-refractivity contribution in [3.8, 4) is 0 Å². The lowest BCUT2D eigenvalue weighted by molar-refractivity contribution is -0.391. The number of rotatable bonds is 10. The Labute approximate surface area is 324 Å². The molecule has 18 heteroatoms. The fraction of sp³-hybridized carbons (Fsp3) is 0.921. The Morgan fingerprint density at radius 1 is 0.679 bits per heavy atom. The molecule has 7 rings (SSSR count). The minimum atomic E-state index is -1.94. The van der Waals surface area contributed by atoms with E-state index in [1.54, 1.807) is 0 Å². The van der Waals surface area contributed by atoms with Crippen LogP contribution in [0.3, 0.4) is 0 Å². The van der Waals surface area contributed by atoms with Gasteiger partial charge in [-0.1, -0.05) is 19.9 Å². The average Bonchev–Trinajstić information content (AvgIpc) is 3.36. The molecule has 0 aromatic heterocycles. The molecular formula is C38H60O18. The standard InChI is InChI=1S/C38H60O18/c1-16-11-37-9-5-20-35(2,7-4-8-36(20,3)34(49)50)21(37)6-10-38(16,15-37)56-33-30(26(46)23(43)18(13-40)53-33)55-32-28(48)29(24(44)19(14-41)52-32)54-31-27(47)25(45)22(42)17(12-39)51-31/h17-33,39-48H,1,4-15H2,2-3H3,(H,49,50)/t17-,18-,19-,20+,21+,22-,23-,24-,25+,26+,27-,28-,29+,30-,31+,32+,33+,35-,36-,37-,38+/m1/s1. The van der Waals surface area contributed by atoms with Crippen molar-refractivity contribution in [1.29, 1.82) is 0 Å². The van der Waals surface area contributed by atoms with Gasteiger partial charge in [0.15, 0.2) is 18.9 Å². The summed E-state index contributed by atoms with van der Waals surface area (Å²) in [6.07, 6.45) is -18.9. The van der Waals surface area contributed by atoms with Gasteiger partial charge >= 0.3 is 5.97 Å². The Kier molecular flexibility index (Phi) is 11.9. The molecule has 11 N–H and O–H groups in total. The number of aliphatic carboxylic acids is 1. The molecule has 56 heavy (non-hydrogen) atoms. The molecule has 0 radical (unpaired) electrons. The van der Waals surface area contributed by atoms with E-state index >= 15 is 0 Å². The summed E-state index contributed by atoms with van der Waals surface area (Å²) < 4.78 is 35.8. The minimum absolute atomic E-state index is 0.0114. The number of hydrogen-bond donors (Lipinski definition) is 11. The first kappa shape index (κ1) is 42.7. The summed E-state index contributed by atoms with van der Waals surface area (Å²) in [7, 11) is 0. The number of aliphatic hydroxyl groups excluding tert-OH is 10. The summed E-state index contributed by atoms with van der Waals surface area (Å²) in [5, 5.41) is 116. The Morgan fingerprint density at radius 2 is 1.23 bits per heavy atom. The predicted molar refractivity (Wildman–Crippen MR) is 187 cm³/mol. The molecule has 3 saturated heterocycles. The molecule has 320 valence electrons. The molecule has 3 heterocycles. The van der Waals surface area contributed by atoms with Gasteiger partial charge in [0.2, 0.25) is 0 Å². The highest BCUT2D eigenvalue weighted by Crippen LogP contribution is 2.73. The highest BCUT2D eigenvalue weighted by molar-refractivity contribution is 5.75. The van der Waals surface area contributed by atoms with Gasteiger partial charge in [-0.15, -0.1) is 0 Å². The molecule has 4 saturated carbocycles. The second-order valence-corrected chi connectivity index (χ2v) is 18.0. The molecule has 7 fully saturated rings. The summed E-state index contributed by atoms with van der Waals surface area (Å²) >= 11 is 0. The number of carbonyl (C=O) groups is 1. The van der Waals surface area contributed by atoms with Gasteiger partial charge in [0.1, 0.15) is 73.2 Å². The number of ether oxygens (including phenoxy) is 6. The number of carboxylic acid groups (broad SMARTS) is 1. The Morgan fingerprint density at radius 3 is 1.86 bits per heavy atom. The first-order valence-corrected chi connectivity index (χ1v) is 19.9. The van der Waals surface area contributed by atoms with Crippen LogP contribution in [0.4, 0.5) is 0 Å². The molecule has 18 nitrogen and oxygen atoms in total. The third kappa shape index (κ3) is 6.69. The molecule has 0 aromatic rings. The zero-order valence-corrected chi connectivity index (χ0v) is 31.8. The topological polar surface area (TPSA) is 295 Å². The fourth-order valence-electron chi connectivity index (χ4n) is 12.1. The summed E-state index contributed by atoms with van der Waals surface area (Å²) in [6.45, 7) is 6.31. The molecule has 0 unspecified atom stereocenters. The highest BCUT2D eigenvalue weighted by atomic mass is 16.8. The largest absolute Gasteiger partial charge is 0.481 e. The average molecular weight is 805 g/mol. The molecule has 21 atom stereocenters. The van der Waals surface area contributed by atoms with Gasteiger partial charge in [0, 0.05) is 0 Å². The maximum absolute atomic E-state index is 12.6. The third-order valence-electron chi connectivity index (χ3n) is 15.0. The summed E-state index contributed by atoms with van der Waals surface area (Å²) in [4.78, 5) is 12.6. The van der Waals surface area contributed by atoms with Gasteiger partial charge in [0.05, 0.1) is 30.8 Å². The van der Waals surface area contributed by atoms with Crippen molar-refractivity contribution >= 4 is 5.97 Å². The third-order valence-corrected chi connectivity index (χ3v) is 15.0. The van der Waals surface area contributed by atoms with Crippen LogP contribution in [-0.2, 0) is 33.2 Å². The van der Waals surface area contributed by atoms with Gasteiger partial charge in [-0.05, 0) is 86.5 Å². The first-order chi connectivity index (χ1) is 26.4. The molecule has 0 aromatic carbocycles. The normalized spacial score (nSPS) is 54.6. The van der Waals surface area contributed by atoms with Gasteiger partial charge in [-0.3, -0.25) is 4.79 Å². The molecule has 3 aliphatic heterocycles. The van der Waals surface area contributed by atoms with Crippen molar-refractivity contribution in [2.45, 2.75) is 169 Å². The quantitative estimate of drug-likeness (QED) is 0.0812. The lowest BCUT2D eigenvalue weighted by Gasteiger charge is -2.64. The number of fused-ring (bicyclic) bond motifs is 3. The smallest absolute Gasteiger partial charge is 0.309 e.